The summed E-state index contributed by atoms with van der Waals surface area (Å²) in [6, 6.07) is 11.3. The number of nitrogens with one attached hydrogen (secondary N) is 2. The largest absolute Gasteiger partial charge is 0.507 e. The number of pyridine rings is 1. The van der Waals surface area contributed by atoms with Gasteiger partial charge in [-0.1, -0.05) is 12.1 Å². The quantitative estimate of drug-likeness (QED) is 0.688. The van der Waals surface area contributed by atoms with Crippen molar-refractivity contribution < 1.29 is 5.11 Å². The van der Waals surface area contributed by atoms with Crippen molar-refractivity contribution in [3.63, 3.8) is 0 Å². The Hall–Kier alpha value is -2.73. The van der Waals surface area contributed by atoms with Gasteiger partial charge in [-0.3, -0.25) is 4.98 Å². The molecule has 1 unspecified atom stereocenters. The Kier molecular flexibility index (Phi) is 3.96. The number of fused-ring (bicyclic) bond motifs is 1. The van der Waals surface area contributed by atoms with Gasteiger partial charge in [0.05, 0.1) is 0 Å². The number of aromatic hydroxyl groups is 1. The number of nitrogens with zero attached hydrogens (tertiary/aromatic N) is 3. The molecule has 1 aliphatic heterocycles. The highest BCUT2D eigenvalue weighted by Crippen LogP contribution is 2.33. The zero-order valence-electron chi connectivity index (χ0n) is 13.2. The SMILES string of the molecule is Oc1ccccc1-c1nnc(NC2CCCNC2)c2ncccc12. The van der Waals surface area contributed by atoms with Crippen molar-refractivity contribution in [1.29, 1.82) is 0 Å². The Balaban J connectivity index is 1.79. The monoisotopic (exact) mass is 321 g/mol. The van der Waals surface area contributed by atoms with Gasteiger partial charge in [0.1, 0.15) is 17.0 Å². The summed E-state index contributed by atoms with van der Waals surface area (Å²) in [6.07, 6.45) is 4.00. The molecule has 0 spiro atoms. The fourth-order valence-electron chi connectivity index (χ4n) is 3.12. The van der Waals surface area contributed by atoms with Crippen molar-refractivity contribution in [2.24, 2.45) is 0 Å². The van der Waals surface area contributed by atoms with Gasteiger partial charge in [-0.25, -0.2) is 0 Å². The van der Waals surface area contributed by atoms with Crippen LogP contribution in [0.15, 0.2) is 42.6 Å². The average Bonchev–Trinajstić information content (AvgIpc) is 2.64. The molecule has 0 bridgehead atoms. The zero-order chi connectivity index (χ0) is 16.4. The van der Waals surface area contributed by atoms with Gasteiger partial charge in [-0.05, 0) is 43.7 Å². The molecule has 1 atom stereocenters. The lowest BCUT2D eigenvalue weighted by Gasteiger charge is -2.24. The van der Waals surface area contributed by atoms with E-state index in [0.717, 1.165) is 36.8 Å². The van der Waals surface area contributed by atoms with Crippen LogP contribution in [0.4, 0.5) is 5.82 Å². The molecular formula is C18H19N5O. The minimum absolute atomic E-state index is 0.189. The number of phenolic OH excluding ortho intramolecular Hbond substituents is 1. The normalized spacial score (nSPS) is 17.8. The van der Waals surface area contributed by atoms with E-state index >= 15 is 0 Å². The molecular weight excluding hydrogens is 302 g/mol. The van der Waals surface area contributed by atoms with Gasteiger partial charge in [0, 0.05) is 29.7 Å². The second kappa shape index (κ2) is 6.41. The first-order chi connectivity index (χ1) is 11.8. The average molecular weight is 321 g/mol. The molecule has 122 valence electrons. The Morgan fingerprint density at radius 2 is 2.04 bits per heavy atom. The van der Waals surface area contributed by atoms with Crippen LogP contribution in [-0.4, -0.2) is 39.4 Å². The predicted octanol–water partition coefficient (Wildman–Crippen LogP) is 2.56. The number of phenols is 1. The number of anilines is 1. The van der Waals surface area contributed by atoms with Crippen LogP contribution in [0.25, 0.3) is 22.2 Å². The molecule has 6 heteroatoms. The fraction of sp³-hybridized carbons (Fsp3) is 0.278. The van der Waals surface area contributed by atoms with Crippen LogP contribution < -0.4 is 10.6 Å². The van der Waals surface area contributed by atoms with Crippen LogP contribution in [0.5, 0.6) is 5.75 Å². The molecule has 4 rings (SSSR count). The number of benzene rings is 1. The first kappa shape index (κ1) is 14.8. The number of aromatic nitrogens is 3. The highest BCUT2D eigenvalue weighted by molar-refractivity contribution is 5.98. The van der Waals surface area contributed by atoms with Gasteiger partial charge in [0.15, 0.2) is 5.82 Å². The van der Waals surface area contributed by atoms with E-state index in [0.29, 0.717) is 23.1 Å². The van der Waals surface area contributed by atoms with Crippen molar-refractivity contribution in [2.45, 2.75) is 18.9 Å². The second-order valence-electron chi connectivity index (χ2n) is 6.00. The Bertz CT molecular complexity index is 861. The lowest BCUT2D eigenvalue weighted by molar-refractivity contribution is 0.477. The van der Waals surface area contributed by atoms with Crippen LogP contribution >= 0.6 is 0 Å². The third-order valence-electron chi connectivity index (χ3n) is 4.33. The molecule has 0 aliphatic carbocycles. The molecule has 1 aromatic carbocycles. The van der Waals surface area contributed by atoms with Crippen LogP contribution in [0.2, 0.25) is 0 Å². The number of para-hydroxylation sites is 1. The van der Waals surface area contributed by atoms with E-state index in [9.17, 15) is 5.11 Å². The maximum Gasteiger partial charge on any atom is 0.175 e. The maximum atomic E-state index is 10.1. The Labute approximate surface area is 140 Å². The first-order valence-corrected chi connectivity index (χ1v) is 8.20. The van der Waals surface area contributed by atoms with Gasteiger partial charge in [-0.2, -0.15) is 0 Å². The van der Waals surface area contributed by atoms with Gasteiger partial charge in [0.2, 0.25) is 0 Å². The minimum Gasteiger partial charge on any atom is -0.507 e. The van der Waals surface area contributed by atoms with Crippen LogP contribution in [0, 0.1) is 0 Å². The summed E-state index contributed by atoms with van der Waals surface area (Å²) in [5, 5.41) is 26.6. The molecule has 3 heterocycles. The molecule has 1 saturated heterocycles. The van der Waals surface area contributed by atoms with Gasteiger partial charge >= 0.3 is 0 Å². The van der Waals surface area contributed by atoms with Gasteiger partial charge < -0.3 is 15.7 Å². The smallest absolute Gasteiger partial charge is 0.175 e. The molecule has 1 fully saturated rings. The molecule has 3 N–H and O–H groups in total. The van der Waals surface area contributed by atoms with E-state index in [-0.39, 0.29) is 5.75 Å². The molecule has 3 aromatic rings. The summed E-state index contributed by atoms with van der Waals surface area (Å²) >= 11 is 0. The van der Waals surface area contributed by atoms with Crippen LogP contribution in [0.3, 0.4) is 0 Å². The predicted molar refractivity (Wildman–Crippen MR) is 93.9 cm³/mol. The van der Waals surface area contributed by atoms with Crippen LogP contribution in [0.1, 0.15) is 12.8 Å². The minimum atomic E-state index is 0.189. The summed E-state index contributed by atoms with van der Waals surface area (Å²) in [4.78, 5) is 4.50. The number of rotatable bonds is 3. The van der Waals surface area contributed by atoms with E-state index in [1.54, 1.807) is 18.3 Å². The van der Waals surface area contributed by atoms with Crippen molar-refractivity contribution in [2.75, 3.05) is 18.4 Å². The Morgan fingerprint density at radius 3 is 2.88 bits per heavy atom. The lowest BCUT2D eigenvalue weighted by atomic mass is 10.1. The zero-order valence-corrected chi connectivity index (χ0v) is 13.2. The van der Waals surface area contributed by atoms with E-state index in [2.05, 4.69) is 25.8 Å². The highest BCUT2D eigenvalue weighted by atomic mass is 16.3. The van der Waals surface area contributed by atoms with Crippen molar-refractivity contribution >= 4 is 16.7 Å². The van der Waals surface area contributed by atoms with Crippen molar-refractivity contribution in [3.8, 4) is 17.0 Å². The second-order valence-corrected chi connectivity index (χ2v) is 6.00. The van der Waals surface area contributed by atoms with E-state index in [1.807, 2.05) is 24.3 Å². The summed E-state index contributed by atoms with van der Waals surface area (Å²) in [6.45, 7) is 1.98. The summed E-state index contributed by atoms with van der Waals surface area (Å²) in [7, 11) is 0. The van der Waals surface area contributed by atoms with E-state index < -0.39 is 0 Å². The highest BCUT2D eigenvalue weighted by Gasteiger charge is 2.18. The molecule has 0 amide bonds. The number of piperidine rings is 1. The van der Waals surface area contributed by atoms with Crippen molar-refractivity contribution in [3.05, 3.63) is 42.6 Å². The number of hydrogen-bond acceptors (Lipinski definition) is 6. The van der Waals surface area contributed by atoms with E-state index in [4.69, 9.17) is 0 Å². The Morgan fingerprint density at radius 1 is 1.12 bits per heavy atom. The third kappa shape index (κ3) is 2.76. The molecule has 24 heavy (non-hydrogen) atoms. The fourth-order valence-corrected chi connectivity index (χ4v) is 3.12. The third-order valence-corrected chi connectivity index (χ3v) is 4.33. The molecule has 2 aromatic heterocycles. The van der Waals surface area contributed by atoms with Crippen LogP contribution in [-0.2, 0) is 0 Å². The van der Waals surface area contributed by atoms with Gasteiger partial charge in [-0.15, -0.1) is 10.2 Å². The van der Waals surface area contributed by atoms with Crippen molar-refractivity contribution in [1.82, 2.24) is 20.5 Å². The molecule has 1 aliphatic rings. The molecule has 0 saturated carbocycles. The molecule has 0 radical (unpaired) electrons. The van der Waals surface area contributed by atoms with E-state index in [1.165, 1.54) is 0 Å². The van der Waals surface area contributed by atoms with Gasteiger partial charge in [0.25, 0.3) is 0 Å². The first-order valence-electron chi connectivity index (χ1n) is 8.20. The summed E-state index contributed by atoms with van der Waals surface area (Å²) in [5.41, 5.74) is 2.08. The lowest BCUT2D eigenvalue weighted by Crippen LogP contribution is -2.38. The topological polar surface area (TPSA) is 83.0 Å². The maximum absolute atomic E-state index is 10.1. The summed E-state index contributed by atoms with van der Waals surface area (Å²) in [5.74, 6) is 0.882. The number of hydrogen-bond donors (Lipinski definition) is 3. The standard InChI is InChI=1S/C18H19N5O/c24-15-8-2-1-6-13(15)16-14-7-4-10-20-17(14)18(23-22-16)21-12-5-3-9-19-11-12/h1-2,4,6-8,10,12,19,24H,3,5,9,11H2,(H,21,23). The summed E-state index contributed by atoms with van der Waals surface area (Å²) < 4.78 is 0. The molecule has 6 nitrogen and oxygen atoms in total.